The fourth-order valence-corrected chi connectivity index (χ4v) is 8.85. The Morgan fingerprint density at radius 3 is 1.38 bits per heavy atom. The molecule has 0 saturated heterocycles. The number of benzene rings is 9. The maximum absolute atomic E-state index is 6.84. The summed E-state index contributed by atoms with van der Waals surface area (Å²) in [5.74, 6) is 0. The molecule has 12 rings (SSSR count). The van der Waals surface area contributed by atoms with Crippen molar-refractivity contribution in [1.29, 1.82) is 0 Å². The molecule has 12 aromatic rings. The van der Waals surface area contributed by atoms with E-state index in [1.165, 1.54) is 38.2 Å². The highest BCUT2D eigenvalue weighted by Crippen LogP contribution is 2.50. The fraction of sp³-hybridized carbons (Fsp3) is 0. The first-order chi connectivity index (χ1) is 26.3. The number of hydrogen-bond acceptors (Lipinski definition) is 3. The molecule has 0 bridgehead atoms. The van der Waals surface area contributed by atoms with Crippen LogP contribution in [0.2, 0.25) is 0 Å². The molecule has 0 unspecified atom stereocenters. The van der Waals surface area contributed by atoms with Crippen LogP contribution in [0.15, 0.2) is 183 Å². The van der Waals surface area contributed by atoms with Crippen molar-refractivity contribution < 1.29 is 13.3 Å². The van der Waals surface area contributed by atoms with E-state index in [9.17, 15) is 0 Å². The van der Waals surface area contributed by atoms with Gasteiger partial charge in [-0.3, -0.25) is 0 Å². The Morgan fingerprint density at radius 1 is 0.264 bits per heavy atom. The summed E-state index contributed by atoms with van der Waals surface area (Å²) in [6, 6.07) is 60.1. The van der Waals surface area contributed by atoms with Gasteiger partial charge in [-0.15, -0.1) is 0 Å². The van der Waals surface area contributed by atoms with Gasteiger partial charge < -0.3 is 13.3 Å². The Labute approximate surface area is 302 Å². The van der Waals surface area contributed by atoms with Crippen LogP contribution in [0.25, 0.3) is 121 Å². The van der Waals surface area contributed by atoms with Gasteiger partial charge in [-0.1, -0.05) is 127 Å². The lowest BCUT2D eigenvalue weighted by Crippen LogP contribution is -1.92. The van der Waals surface area contributed by atoms with Crippen LogP contribution in [0.1, 0.15) is 0 Å². The zero-order valence-corrected chi connectivity index (χ0v) is 28.4. The summed E-state index contributed by atoms with van der Waals surface area (Å²) >= 11 is 0. The molecular weight excluding hydrogens is 649 g/mol. The molecule has 3 nitrogen and oxygen atoms in total. The summed E-state index contributed by atoms with van der Waals surface area (Å²) in [7, 11) is 0. The Morgan fingerprint density at radius 2 is 0.717 bits per heavy atom. The molecule has 0 amide bonds. The zero-order chi connectivity index (χ0) is 34.6. The molecule has 53 heavy (non-hydrogen) atoms. The Bertz CT molecular complexity index is 3410. The van der Waals surface area contributed by atoms with Crippen LogP contribution in [0.3, 0.4) is 0 Å². The van der Waals surface area contributed by atoms with Crippen molar-refractivity contribution in [2.75, 3.05) is 0 Å². The second-order valence-corrected chi connectivity index (χ2v) is 13.9. The van der Waals surface area contributed by atoms with E-state index in [-0.39, 0.29) is 0 Å². The topological polar surface area (TPSA) is 39.4 Å². The van der Waals surface area contributed by atoms with E-state index in [4.69, 9.17) is 13.3 Å². The van der Waals surface area contributed by atoms with Crippen LogP contribution >= 0.6 is 0 Å². The lowest BCUT2D eigenvalue weighted by molar-refractivity contribution is 0.668. The predicted molar refractivity (Wildman–Crippen MR) is 220 cm³/mol. The van der Waals surface area contributed by atoms with Gasteiger partial charge in [0, 0.05) is 37.9 Å². The first kappa shape index (κ1) is 28.6. The molecule has 0 aliphatic heterocycles. The molecule has 0 N–H and O–H groups in total. The number of furan rings is 3. The van der Waals surface area contributed by atoms with Gasteiger partial charge in [-0.25, -0.2) is 0 Å². The second-order valence-electron chi connectivity index (χ2n) is 13.9. The second kappa shape index (κ2) is 10.7. The quantitative estimate of drug-likeness (QED) is 0.175. The molecule has 246 valence electrons. The monoisotopic (exact) mass is 676 g/mol. The molecule has 0 aliphatic rings. The molecule has 0 radical (unpaired) electrons. The highest BCUT2D eigenvalue weighted by Gasteiger charge is 2.24. The van der Waals surface area contributed by atoms with Crippen molar-refractivity contribution in [3.05, 3.63) is 170 Å². The molecular formula is C50H28O3. The molecule has 3 aromatic heterocycles. The van der Waals surface area contributed by atoms with Crippen LogP contribution in [-0.2, 0) is 0 Å². The summed E-state index contributed by atoms with van der Waals surface area (Å²) < 4.78 is 19.4. The highest BCUT2D eigenvalue weighted by atomic mass is 16.3. The van der Waals surface area contributed by atoms with Crippen LogP contribution in [0.5, 0.6) is 0 Å². The van der Waals surface area contributed by atoms with Crippen molar-refractivity contribution in [3.63, 3.8) is 0 Å². The third-order valence-electron chi connectivity index (χ3n) is 11.1. The Kier molecular flexibility index (Phi) is 5.77. The van der Waals surface area contributed by atoms with E-state index in [0.717, 1.165) is 82.5 Å². The normalized spacial score (nSPS) is 12.2. The molecule has 0 atom stereocenters. The minimum atomic E-state index is 0.870. The summed E-state index contributed by atoms with van der Waals surface area (Å²) in [4.78, 5) is 0. The average molecular weight is 677 g/mol. The maximum Gasteiger partial charge on any atom is 0.143 e. The minimum Gasteiger partial charge on any atom is -0.456 e. The standard InChI is InChI=1S/C50H28O3/c1-3-15-34-32(13-1)46(38-19-11-23-45-48(38)36-17-6-9-21-42(36)52-45)33-14-2-4-16-35(33)47(34)39-26-25-30(50-49(39)37-18-7-10-22-43(37)53-50)29-24-27-44-40(28-29)31-12-5-8-20-41(31)51-44/h1-28H. The molecule has 3 heteroatoms. The number of hydrogen-bond donors (Lipinski definition) is 0. The van der Waals surface area contributed by atoms with Gasteiger partial charge in [-0.2, -0.15) is 0 Å². The zero-order valence-electron chi connectivity index (χ0n) is 28.4. The summed E-state index contributed by atoms with van der Waals surface area (Å²) in [6.07, 6.45) is 0. The van der Waals surface area contributed by atoms with Crippen molar-refractivity contribution >= 4 is 87.4 Å². The van der Waals surface area contributed by atoms with Gasteiger partial charge in [0.15, 0.2) is 0 Å². The van der Waals surface area contributed by atoms with Crippen LogP contribution < -0.4 is 0 Å². The van der Waals surface area contributed by atoms with Gasteiger partial charge >= 0.3 is 0 Å². The van der Waals surface area contributed by atoms with Gasteiger partial charge in [-0.05, 0) is 91.8 Å². The smallest absolute Gasteiger partial charge is 0.143 e. The molecule has 0 aliphatic carbocycles. The van der Waals surface area contributed by atoms with Crippen molar-refractivity contribution in [2.24, 2.45) is 0 Å². The van der Waals surface area contributed by atoms with E-state index in [0.29, 0.717) is 0 Å². The van der Waals surface area contributed by atoms with E-state index in [1.807, 2.05) is 24.3 Å². The maximum atomic E-state index is 6.84. The van der Waals surface area contributed by atoms with Gasteiger partial charge in [0.05, 0.1) is 0 Å². The minimum absolute atomic E-state index is 0.870. The SMILES string of the molecule is c1ccc2c(c1)oc1ccc(-c3ccc(-c4c5ccccc5c(-c5cccc6oc7ccccc7c56)c5ccccc45)c4c3oc3ccccc34)cc12. The molecule has 3 heterocycles. The average Bonchev–Trinajstić information content (AvgIpc) is 3.91. The summed E-state index contributed by atoms with van der Waals surface area (Å²) in [5.41, 5.74) is 12.2. The van der Waals surface area contributed by atoms with Crippen molar-refractivity contribution in [1.82, 2.24) is 0 Å². The van der Waals surface area contributed by atoms with Crippen LogP contribution in [0, 0.1) is 0 Å². The van der Waals surface area contributed by atoms with Crippen molar-refractivity contribution in [3.8, 4) is 33.4 Å². The number of rotatable bonds is 3. The Balaban J connectivity index is 1.19. The summed E-state index contributed by atoms with van der Waals surface area (Å²) in [6.45, 7) is 0. The molecule has 0 fully saturated rings. The van der Waals surface area contributed by atoms with Crippen LogP contribution in [0.4, 0.5) is 0 Å². The van der Waals surface area contributed by atoms with E-state index in [1.54, 1.807) is 0 Å². The number of para-hydroxylation sites is 3. The van der Waals surface area contributed by atoms with Crippen molar-refractivity contribution in [2.45, 2.75) is 0 Å². The van der Waals surface area contributed by atoms with Gasteiger partial charge in [0.1, 0.15) is 33.5 Å². The molecule has 9 aromatic carbocycles. The predicted octanol–water partition coefficient (Wildman–Crippen LogP) is 14.7. The highest BCUT2D eigenvalue weighted by molar-refractivity contribution is 6.29. The van der Waals surface area contributed by atoms with Gasteiger partial charge in [0.25, 0.3) is 0 Å². The first-order valence-corrected chi connectivity index (χ1v) is 18.0. The van der Waals surface area contributed by atoms with E-state index < -0.39 is 0 Å². The Hall–Kier alpha value is -7.10. The third-order valence-corrected chi connectivity index (χ3v) is 11.1. The summed E-state index contributed by atoms with van der Waals surface area (Å²) in [5, 5.41) is 11.5. The number of fused-ring (bicyclic) bond motifs is 11. The van der Waals surface area contributed by atoms with E-state index in [2.05, 4.69) is 146 Å². The van der Waals surface area contributed by atoms with Crippen LogP contribution in [-0.4, -0.2) is 0 Å². The largest absolute Gasteiger partial charge is 0.456 e. The fourth-order valence-electron chi connectivity index (χ4n) is 8.85. The lowest BCUT2D eigenvalue weighted by Gasteiger charge is -2.19. The molecule has 0 saturated carbocycles. The third kappa shape index (κ3) is 3.99. The molecule has 0 spiro atoms. The lowest BCUT2D eigenvalue weighted by atomic mass is 9.83. The van der Waals surface area contributed by atoms with E-state index >= 15 is 0 Å². The van der Waals surface area contributed by atoms with Gasteiger partial charge in [0.2, 0.25) is 0 Å². The first-order valence-electron chi connectivity index (χ1n) is 18.0.